The summed E-state index contributed by atoms with van der Waals surface area (Å²) < 4.78 is 0. The molecule has 4 unspecified atom stereocenters. The molecule has 36 heavy (non-hydrogen) atoms. The Morgan fingerprint density at radius 2 is 1.83 bits per heavy atom. The van der Waals surface area contributed by atoms with Crippen molar-refractivity contribution in [3.63, 3.8) is 0 Å². The standard InChI is InChI=1S/C23H35N7O5S/c24-15(12-14-6-2-1-3-7-14)21(33)30-11-5-9-18(30)20(32)29-17(13-36)19(31)28-16(22(34)35)8-4-10-27-23(25)26/h1-3,6-7,15-18,36H,4-5,8-13,24H2,(H,28,31)(H,29,32)(H,34,35)(H4,25,26,27). The molecule has 0 aliphatic carbocycles. The van der Waals surface area contributed by atoms with Crippen LogP contribution in [0.5, 0.6) is 0 Å². The van der Waals surface area contributed by atoms with E-state index in [1.165, 1.54) is 4.90 Å². The molecule has 1 aliphatic heterocycles. The summed E-state index contributed by atoms with van der Waals surface area (Å²) in [6.45, 7) is 0.598. The molecule has 0 aromatic heterocycles. The highest BCUT2D eigenvalue weighted by atomic mass is 32.1. The lowest BCUT2D eigenvalue weighted by Gasteiger charge is -2.28. The molecule has 1 aliphatic rings. The number of carboxylic acids is 1. The third kappa shape index (κ3) is 8.72. The van der Waals surface area contributed by atoms with Crippen LogP contribution in [0.2, 0.25) is 0 Å². The van der Waals surface area contributed by atoms with E-state index >= 15 is 0 Å². The van der Waals surface area contributed by atoms with Gasteiger partial charge in [-0.2, -0.15) is 12.6 Å². The molecule has 0 bridgehead atoms. The molecular weight excluding hydrogens is 486 g/mol. The lowest BCUT2D eigenvalue weighted by molar-refractivity contribution is -0.143. The molecule has 1 aromatic rings. The number of likely N-dealkylation sites (tertiary alicyclic amines) is 1. The van der Waals surface area contributed by atoms with Crippen molar-refractivity contribution in [3.8, 4) is 0 Å². The molecule has 2 rings (SSSR count). The maximum Gasteiger partial charge on any atom is 0.326 e. The number of hydrogen-bond donors (Lipinski definition) is 7. The molecule has 9 N–H and O–H groups in total. The fourth-order valence-electron chi connectivity index (χ4n) is 3.97. The van der Waals surface area contributed by atoms with Gasteiger partial charge in [0.2, 0.25) is 17.7 Å². The minimum absolute atomic E-state index is 0.0634. The highest BCUT2D eigenvalue weighted by Gasteiger charge is 2.37. The second-order valence-corrected chi connectivity index (χ2v) is 8.94. The van der Waals surface area contributed by atoms with Gasteiger partial charge in [-0.05, 0) is 37.7 Å². The van der Waals surface area contributed by atoms with Gasteiger partial charge in [0, 0.05) is 18.8 Å². The molecular formula is C23H35N7O5S. The van der Waals surface area contributed by atoms with Crippen LogP contribution < -0.4 is 27.8 Å². The summed E-state index contributed by atoms with van der Waals surface area (Å²) in [6, 6.07) is 5.49. The van der Waals surface area contributed by atoms with Crippen LogP contribution in [0.1, 0.15) is 31.2 Å². The summed E-state index contributed by atoms with van der Waals surface area (Å²) in [5.41, 5.74) is 17.5. The second kappa shape index (κ2) is 14.3. The van der Waals surface area contributed by atoms with Gasteiger partial charge in [0.1, 0.15) is 18.1 Å². The summed E-state index contributed by atoms with van der Waals surface area (Å²) >= 11 is 4.14. The summed E-state index contributed by atoms with van der Waals surface area (Å²) in [7, 11) is 0. The van der Waals surface area contributed by atoms with Gasteiger partial charge in [-0.25, -0.2) is 4.79 Å². The Bertz CT molecular complexity index is 942. The van der Waals surface area contributed by atoms with Gasteiger partial charge in [-0.3, -0.25) is 19.4 Å². The van der Waals surface area contributed by atoms with E-state index in [1.54, 1.807) is 0 Å². The van der Waals surface area contributed by atoms with E-state index in [0.29, 0.717) is 32.2 Å². The molecule has 13 heteroatoms. The van der Waals surface area contributed by atoms with E-state index in [4.69, 9.17) is 17.2 Å². The van der Waals surface area contributed by atoms with E-state index in [0.717, 1.165) is 5.56 Å². The van der Waals surface area contributed by atoms with Crippen LogP contribution in [0.15, 0.2) is 35.3 Å². The number of nitrogens with zero attached hydrogens (tertiary/aromatic N) is 2. The zero-order valence-corrected chi connectivity index (χ0v) is 20.9. The highest BCUT2D eigenvalue weighted by Crippen LogP contribution is 2.19. The van der Waals surface area contributed by atoms with Gasteiger partial charge in [0.25, 0.3) is 0 Å². The van der Waals surface area contributed by atoms with Gasteiger partial charge in [-0.1, -0.05) is 30.3 Å². The van der Waals surface area contributed by atoms with Crippen molar-refractivity contribution in [2.75, 3.05) is 18.8 Å². The fraction of sp³-hybridized carbons (Fsp3) is 0.522. The van der Waals surface area contributed by atoms with Gasteiger partial charge in [0.15, 0.2) is 5.96 Å². The van der Waals surface area contributed by atoms with Crippen LogP contribution in [0.25, 0.3) is 0 Å². The molecule has 1 fully saturated rings. The molecule has 1 heterocycles. The number of carbonyl (C=O) groups is 4. The van der Waals surface area contributed by atoms with Crippen LogP contribution in [0.4, 0.5) is 0 Å². The first kappa shape index (κ1) is 28.9. The van der Waals surface area contributed by atoms with Crippen molar-refractivity contribution >= 4 is 42.3 Å². The number of hydrogen-bond acceptors (Lipinski definition) is 7. The Balaban J connectivity index is 1.96. The molecule has 0 saturated carbocycles. The first-order chi connectivity index (χ1) is 17.1. The molecule has 4 atom stereocenters. The smallest absolute Gasteiger partial charge is 0.326 e. The first-order valence-electron chi connectivity index (χ1n) is 11.7. The highest BCUT2D eigenvalue weighted by molar-refractivity contribution is 7.80. The minimum atomic E-state index is -1.22. The van der Waals surface area contributed by atoms with Gasteiger partial charge in [-0.15, -0.1) is 0 Å². The largest absolute Gasteiger partial charge is 0.480 e. The topological polar surface area (TPSA) is 206 Å². The quantitative estimate of drug-likeness (QED) is 0.0708. The Kier molecular flexibility index (Phi) is 11.5. The minimum Gasteiger partial charge on any atom is -0.480 e. The van der Waals surface area contributed by atoms with Crippen molar-refractivity contribution in [1.82, 2.24) is 15.5 Å². The third-order valence-electron chi connectivity index (χ3n) is 5.83. The molecule has 0 spiro atoms. The van der Waals surface area contributed by atoms with Crippen LogP contribution in [-0.2, 0) is 25.6 Å². The predicted octanol–water partition coefficient (Wildman–Crippen LogP) is -1.41. The number of amides is 3. The summed E-state index contributed by atoms with van der Waals surface area (Å²) in [5, 5.41) is 14.4. The maximum absolute atomic E-state index is 13.0. The normalized spacial score (nSPS) is 17.5. The summed E-state index contributed by atoms with van der Waals surface area (Å²) in [4.78, 5) is 55.5. The SMILES string of the molecule is NC(N)=NCCCC(NC(=O)C(CS)NC(=O)C1CCCN1C(=O)C(N)Cc1ccccc1)C(=O)O. The molecule has 12 nitrogen and oxygen atoms in total. The Morgan fingerprint density at radius 3 is 2.44 bits per heavy atom. The number of thiol groups is 1. The number of carbonyl (C=O) groups excluding carboxylic acids is 3. The number of carboxylic acid groups (broad SMARTS) is 1. The van der Waals surface area contributed by atoms with Crippen molar-refractivity contribution < 1.29 is 24.3 Å². The summed E-state index contributed by atoms with van der Waals surface area (Å²) in [5.74, 6) is -2.94. The summed E-state index contributed by atoms with van der Waals surface area (Å²) in [6.07, 6.45) is 1.81. The molecule has 1 saturated heterocycles. The molecule has 1 aromatic carbocycles. The van der Waals surface area contributed by atoms with E-state index < -0.39 is 42.0 Å². The van der Waals surface area contributed by atoms with Crippen LogP contribution in [-0.4, -0.2) is 82.7 Å². The van der Waals surface area contributed by atoms with Crippen molar-refractivity contribution in [2.45, 2.75) is 56.3 Å². The average Bonchev–Trinajstić information content (AvgIpc) is 3.34. The molecule has 198 valence electrons. The average molecular weight is 522 g/mol. The maximum atomic E-state index is 13.0. The van der Waals surface area contributed by atoms with E-state index in [9.17, 15) is 24.3 Å². The van der Waals surface area contributed by atoms with Crippen molar-refractivity contribution in [1.29, 1.82) is 0 Å². The number of aliphatic imine (C=N–C) groups is 1. The number of rotatable bonds is 13. The van der Waals surface area contributed by atoms with Crippen LogP contribution in [0.3, 0.4) is 0 Å². The predicted molar refractivity (Wildman–Crippen MR) is 138 cm³/mol. The lowest BCUT2D eigenvalue weighted by atomic mass is 10.0. The van der Waals surface area contributed by atoms with E-state index in [2.05, 4.69) is 28.3 Å². The number of nitrogens with one attached hydrogen (secondary N) is 2. The van der Waals surface area contributed by atoms with Crippen molar-refractivity contribution in [3.05, 3.63) is 35.9 Å². The lowest BCUT2D eigenvalue weighted by Crippen LogP contribution is -2.57. The van der Waals surface area contributed by atoms with Gasteiger partial charge >= 0.3 is 5.97 Å². The fourth-order valence-corrected chi connectivity index (χ4v) is 4.22. The Hall–Kier alpha value is -3.32. The van der Waals surface area contributed by atoms with Crippen molar-refractivity contribution in [2.24, 2.45) is 22.2 Å². The second-order valence-electron chi connectivity index (χ2n) is 8.58. The van der Waals surface area contributed by atoms with Gasteiger partial charge in [0.05, 0.1) is 6.04 Å². The monoisotopic (exact) mass is 521 g/mol. The molecule has 0 radical (unpaired) electrons. The zero-order valence-electron chi connectivity index (χ0n) is 20.0. The number of aliphatic carboxylic acids is 1. The number of benzene rings is 1. The number of nitrogens with two attached hydrogens (primary N) is 3. The van der Waals surface area contributed by atoms with E-state index in [1.807, 2.05) is 30.3 Å². The van der Waals surface area contributed by atoms with E-state index in [-0.39, 0.29) is 30.6 Å². The molecule has 3 amide bonds. The number of guanidine groups is 1. The van der Waals surface area contributed by atoms with Gasteiger partial charge < -0.3 is 37.8 Å². The Labute approximate surface area is 215 Å². The zero-order chi connectivity index (χ0) is 26.7. The van der Waals surface area contributed by atoms with Crippen LogP contribution in [0, 0.1) is 0 Å². The Morgan fingerprint density at radius 1 is 1.14 bits per heavy atom. The third-order valence-corrected chi connectivity index (χ3v) is 6.19. The first-order valence-corrected chi connectivity index (χ1v) is 12.4. The van der Waals surface area contributed by atoms with Crippen LogP contribution >= 0.6 is 12.6 Å².